The molecule has 5 heteroatoms. The van der Waals surface area contributed by atoms with Crippen LogP contribution < -0.4 is 4.74 Å². The summed E-state index contributed by atoms with van der Waals surface area (Å²) in [4.78, 5) is 8.00. The number of aromatic nitrogens is 2. The first-order valence-electron chi connectivity index (χ1n) is 2.46. The first-order chi connectivity index (χ1) is 4.72. The maximum atomic E-state index is 4.84. The lowest BCUT2D eigenvalue weighted by Gasteiger charge is -1.97. The van der Waals surface area contributed by atoms with Gasteiger partial charge in [-0.3, -0.25) is 0 Å². The Hall–Kier alpha value is 0.340. The van der Waals surface area contributed by atoms with Crippen molar-refractivity contribution in [1.29, 1.82) is 0 Å². The molecule has 0 bridgehead atoms. The van der Waals surface area contributed by atoms with Gasteiger partial charge in [0.05, 0.1) is 7.11 Å². The Labute approximate surface area is 85.9 Å². The van der Waals surface area contributed by atoms with Gasteiger partial charge < -0.3 is 4.74 Å². The minimum Gasteiger partial charge on any atom is -0.467 e. The van der Waals surface area contributed by atoms with E-state index in [1.807, 2.05) is 6.07 Å². The average molecular weight is 362 g/mol. The van der Waals surface area contributed by atoms with Crippen LogP contribution in [0.15, 0.2) is 6.07 Å². The van der Waals surface area contributed by atoms with Crippen molar-refractivity contribution in [3.8, 4) is 6.01 Å². The molecule has 0 aliphatic heterocycles. The van der Waals surface area contributed by atoms with Crippen molar-refractivity contribution in [3.05, 3.63) is 13.5 Å². The van der Waals surface area contributed by atoms with Crippen LogP contribution in [0.25, 0.3) is 0 Å². The number of rotatable bonds is 1. The third-order valence-corrected chi connectivity index (χ3v) is 1.93. The molecule has 0 atom stereocenters. The Morgan fingerprint density at radius 1 is 1.30 bits per heavy atom. The number of ether oxygens (including phenoxy) is 1. The molecular formula is C5H4I2N2O. The van der Waals surface area contributed by atoms with Gasteiger partial charge in [0.1, 0.15) is 7.40 Å². The predicted octanol–water partition coefficient (Wildman–Crippen LogP) is 1.69. The molecule has 0 fully saturated rings. The highest BCUT2D eigenvalue weighted by atomic mass is 127. The Bertz CT molecular complexity index is 221. The van der Waals surface area contributed by atoms with E-state index in [1.54, 1.807) is 7.11 Å². The summed E-state index contributed by atoms with van der Waals surface area (Å²) in [5, 5.41) is 0. The maximum Gasteiger partial charge on any atom is 0.318 e. The molecule has 0 spiro atoms. The zero-order valence-electron chi connectivity index (χ0n) is 5.14. The molecule has 3 nitrogen and oxygen atoms in total. The first-order valence-corrected chi connectivity index (χ1v) is 4.62. The number of halogens is 2. The van der Waals surface area contributed by atoms with E-state index < -0.39 is 0 Å². The number of nitrogens with zero attached hydrogens (tertiary/aromatic N) is 2. The molecule has 0 aromatic carbocycles. The third-order valence-electron chi connectivity index (χ3n) is 0.826. The van der Waals surface area contributed by atoms with Gasteiger partial charge in [-0.05, 0) is 45.2 Å². The van der Waals surface area contributed by atoms with Crippen LogP contribution in [0, 0.1) is 7.40 Å². The van der Waals surface area contributed by atoms with Gasteiger partial charge in [0.15, 0.2) is 0 Å². The second kappa shape index (κ2) is 3.65. The van der Waals surface area contributed by atoms with E-state index in [0.717, 1.165) is 7.40 Å². The van der Waals surface area contributed by atoms with Gasteiger partial charge >= 0.3 is 6.01 Å². The smallest absolute Gasteiger partial charge is 0.318 e. The molecule has 10 heavy (non-hydrogen) atoms. The molecule has 0 saturated carbocycles. The monoisotopic (exact) mass is 362 g/mol. The Balaban J connectivity index is 3.06. The third kappa shape index (κ3) is 2.19. The molecule has 0 saturated heterocycles. The van der Waals surface area contributed by atoms with Crippen molar-refractivity contribution in [2.45, 2.75) is 0 Å². The number of methoxy groups -OCH3 is 1. The van der Waals surface area contributed by atoms with Crippen LogP contribution in [0.5, 0.6) is 6.01 Å². The van der Waals surface area contributed by atoms with E-state index >= 15 is 0 Å². The number of hydrogen-bond acceptors (Lipinski definition) is 3. The molecule has 1 heterocycles. The van der Waals surface area contributed by atoms with Gasteiger partial charge in [-0.15, -0.1) is 0 Å². The Morgan fingerprint density at radius 2 is 1.80 bits per heavy atom. The van der Waals surface area contributed by atoms with E-state index in [4.69, 9.17) is 4.74 Å². The van der Waals surface area contributed by atoms with Crippen LogP contribution in [0.4, 0.5) is 0 Å². The average Bonchev–Trinajstić information content (AvgIpc) is 1.85. The van der Waals surface area contributed by atoms with Crippen molar-refractivity contribution >= 4 is 45.2 Å². The molecule has 0 aliphatic rings. The molecule has 0 amide bonds. The number of hydrogen-bond donors (Lipinski definition) is 0. The zero-order chi connectivity index (χ0) is 7.56. The van der Waals surface area contributed by atoms with Crippen molar-refractivity contribution in [2.24, 2.45) is 0 Å². The molecule has 1 aromatic heterocycles. The fourth-order valence-corrected chi connectivity index (χ4v) is 2.06. The van der Waals surface area contributed by atoms with E-state index in [-0.39, 0.29) is 0 Å². The highest BCUT2D eigenvalue weighted by Crippen LogP contribution is 2.10. The normalized spacial score (nSPS) is 9.50. The van der Waals surface area contributed by atoms with Crippen LogP contribution >= 0.6 is 45.2 Å². The lowest BCUT2D eigenvalue weighted by atomic mass is 10.7. The molecule has 54 valence electrons. The molecule has 0 aliphatic carbocycles. The lowest BCUT2D eigenvalue weighted by Crippen LogP contribution is -1.94. The summed E-state index contributed by atoms with van der Waals surface area (Å²) in [6.45, 7) is 0. The summed E-state index contributed by atoms with van der Waals surface area (Å²) in [7, 11) is 1.56. The highest BCUT2D eigenvalue weighted by molar-refractivity contribution is 14.1. The van der Waals surface area contributed by atoms with Gasteiger partial charge in [0, 0.05) is 6.07 Å². The quantitative estimate of drug-likeness (QED) is 0.564. The van der Waals surface area contributed by atoms with Crippen molar-refractivity contribution in [1.82, 2.24) is 9.97 Å². The fourth-order valence-electron chi connectivity index (χ4n) is 0.462. The summed E-state index contributed by atoms with van der Waals surface area (Å²) >= 11 is 4.24. The highest BCUT2D eigenvalue weighted by Gasteiger charge is 1.98. The summed E-state index contributed by atoms with van der Waals surface area (Å²) < 4.78 is 6.64. The van der Waals surface area contributed by atoms with Crippen molar-refractivity contribution in [2.75, 3.05) is 7.11 Å². The Morgan fingerprint density at radius 3 is 2.20 bits per heavy atom. The molecule has 1 aromatic rings. The maximum absolute atomic E-state index is 4.84. The predicted molar refractivity (Wildman–Crippen MR) is 54.0 cm³/mol. The minimum atomic E-state index is 0.427. The van der Waals surface area contributed by atoms with E-state index in [1.165, 1.54) is 0 Å². The van der Waals surface area contributed by atoms with Crippen LogP contribution in [0.3, 0.4) is 0 Å². The molecule has 0 unspecified atom stereocenters. The largest absolute Gasteiger partial charge is 0.467 e. The van der Waals surface area contributed by atoms with Crippen LogP contribution in [0.2, 0.25) is 0 Å². The van der Waals surface area contributed by atoms with Crippen molar-refractivity contribution < 1.29 is 4.74 Å². The molecule has 1 rings (SSSR count). The summed E-state index contributed by atoms with van der Waals surface area (Å²) in [5.41, 5.74) is 0. The van der Waals surface area contributed by atoms with Crippen LogP contribution in [-0.2, 0) is 0 Å². The van der Waals surface area contributed by atoms with Crippen LogP contribution in [-0.4, -0.2) is 17.1 Å². The first kappa shape index (κ1) is 8.44. The summed E-state index contributed by atoms with van der Waals surface area (Å²) in [6.07, 6.45) is 0. The van der Waals surface area contributed by atoms with Crippen molar-refractivity contribution in [3.63, 3.8) is 0 Å². The standard InChI is InChI=1S/C5H4I2N2O/c1-10-5-8-3(6)2-4(7)9-5/h2H,1H3. The second-order valence-electron chi connectivity index (χ2n) is 1.50. The minimum absolute atomic E-state index is 0.427. The molecular weight excluding hydrogens is 358 g/mol. The van der Waals surface area contributed by atoms with Gasteiger partial charge in [-0.2, -0.15) is 9.97 Å². The van der Waals surface area contributed by atoms with E-state index in [0.29, 0.717) is 6.01 Å². The van der Waals surface area contributed by atoms with E-state index in [9.17, 15) is 0 Å². The van der Waals surface area contributed by atoms with Crippen LogP contribution in [0.1, 0.15) is 0 Å². The second-order valence-corrected chi connectivity index (χ2v) is 3.71. The van der Waals surface area contributed by atoms with Gasteiger partial charge in [-0.25, -0.2) is 0 Å². The van der Waals surface area contributed by atoms with Gasteiger partial charge in [0.25, 0.3) is 0 Å². The SMILES string of the molecule is COc1nc(I)cc(I)n1. The summed E-state index contributed by atoms with van der Waals surface area (Å²) in [5.74, 6) is 0. The topological polar surface area (TPSA) is 35.0 Å². The van der Waals surface area contributed by atoms with E-state index in [2.05, 4.69) is 55.1 Å². The molecule has 0 N–H and O–H groups in total. The molecule has 0 radical (unpaired) electrons. The summed E-state index contributed by atoms with van der Waals surface area (Å²) in [6, 6.07) is 2.31. The fraction of sp³-hybridized carbons (Fsp3) is 0.200. The lowest BCUT2D eigenvalue weighted by molar-refractivity contribution is 0.377. The zero-order valence-corrected chi connectivity index (χ0v) is 9.45. The Kier molecular flexibility index (Phi) is 3.08. The van der Waals surface area contributed by atoms with Gasteiger partial charge in [-0.1, -0.05) is 0 Å². The van der Waals surface area contributed by atoms with Gasteiger partial charge in [0.2, 0.25) is 0 Å².